The molecule has 1 aromatic carbocycles. The van der Waals surface area contributed by atoms with Crippen LogP contribution in [0, 0.1) is 17.5 Å². The molecule has 0 heterocycles. The molecule has 0 saturated heterocycles. The maximum Gasteiger partial charge on any atom is 0.321 e. The normalized spacial score (nSPS) is 13.1. The highest BCUT2D eigenvalue weighted by Crippen LogP contribution is 2.20. The van der Waals surface area contributed by atoms with Crippen LogP contribution in [-0.2, 0) is 14.8 Å². The van der Waals surface area contributed by atoms with Crippen LogP contribution in [0.15, 0.2) is 17.0 Å². The Bertz CT molecular complexity index is 610. The number of carbonyl (C=O) groups is 1. The number of nitrogens with one attached hydrogen (secondary N) is 1. The fraction of sp³-hybridized carbons (Fsp3) is 0.417. The molecule has 0 spiro atoms. The van der Waals surface area contributed by atoms with Gasteiger partial charge < -0.3 is 5.11 Å². The lowest BCUT2D eigenvalue weighted by atomic mass is 10.1. The zero-order valence-electron chi connectivity index (χ0n) is 11.1. The Hall–Kier alpha value is -1.61. The molecule has 21 heavy (non-hydrogen) atoms. The number of benzene rings is 1. The minimum atomic E-state index is -4.76. The van der Waals surface area contributed by atoms with E-state index in [0.717, 1.165) is 0 Å². The van der Waals surface area contributed by atoms with Gasteiger partial charge in [0.2, 0.25) is 10.0 Å². The summed E-state index contributed by atoms with van der Waals surface area (Å²) in [5.74, 6) is -5.99. The van der Waals surface area contributed by atoms with Crippen LogP contribution in [0.3, 0.4) is 0 Å². The summed E-state index contributed by atoms with van der Waals surface area (Å²) in [5, 5.41) is 8.92. The molecule has 0 fully saturated rings. The van der Waals surface area contributed by atoms with Crippen molar-refractivity contribution in [3.63, 3.8) is 0 Å². The number of rotatable bonds is 7. The quantitative estimate of drug-likeness (QED) is 0.803. The summed E-state index contributed by atoms with van der Waals surface area (Å²) in [7, 11) is -4.76. The summed E-state index contributed by atoms with van der Waals surface area (Å²) in [6.07, 6.45) is 0.994. The number of unbranched alkanes of at least 4 members (excludes halogenated alkanes) is 1. The second-order valence-corrected chi connectivity index (χ2v) is 6.00. The van der Waals surface area contributed by atoms with E-state index in [-0.39, 0.29) is 18.6 Å². The number of aliphatic carboxylic acids is 1. The van der Waals surface area contributed by atoms with Gasteiger partial charge in [-0.1, -0.05) is 19.8 Å². The van der Waals surface area contributed by atoms with Gasteiger partial charge >= 0.3 is 5.97 Å². The topological polar surface area (TPSA) is 83.5 Å². The van der Waals surface area contributed by atoms with E-state index in [0.29, 0.717) is 12.8 Å². The SMILES string of the molecule is CCCCC(NS(=O)(=O)c1c(F)cc(F)cc1F)C(=O)O. The van der Waals surface area contributed by atoms with E-state index in [9.17, 15) is 26.4 Å². The molecule has 9 heteroatoms. The fourth-order valence-corrected chi connectivity index (χ4v) is 3.02. The van der Waals surface area contributed by atoms with E-state index >= 15 is 0 Å². The molecule has 0 aliphatic heterocycles. The molecule has 0 aliphatic rings. The van der Waals surface area contributed by atoms with Crippen LogP contribution in [-0.4, -0.2) is 25.5 Å². The zero-order chi connectivity index (χ0) is 16.2. The first-order valence-electron chi connectivity index (χ1n) is 6.08. The zero-order valence-corrected chi connectivity index (χ0v) is 11.9. The van der Waals surface area contributed by atoms with Crippen molar-refractivity contribution in [3.05, 3.63) is 29.6 Å². The van der Waals surface area contributed by atoms with Gasteiger partial charge in [0.25, 0.3) is 0 Å². The molecular formula is C12H14F3NO4S. The Balaban J connectivity index is 3.14. The van der Waals surface area contributed by atoms with Gasteiger partial charge in [0, 0.05) is 12.1 Å². The number of halogens is 3. The Kier molecular flexibility index (Phi) is 5.73. The molecule has 0 bridgehead atoms. The largest absolute Gasteiger partial charge is 0.480 e. The summed E-state index contributed by atoms with van der Waals surface area (Å²) >= 11 is 0. The first-order chi connectivity index (χ1) is 9.69. The Morgan fingerprint density at radius 1 is 1.29 bits per heavy atom. The third-order valence-electron chi connectivity index (χ3n) is 2.67. The predicted octanol–water partition coefficient (Wildman–Crippen LogP) is 2.03. The van der Waals surface area contributed by atoms with Crippen molar-refractivity contribution in [1.29, 1.82) is 0 Å². The number of carboxylic acid groups (broad SMARTS) is 1. The lowest BCUT2D eigenvalue weighted by Gasteiger charge is -2.15. The molecule has 1 atom stereocenters. The molecule has 2 N–H and O–H groups in total. The Morgan fingerprint density at radius 3 is 2.24 bits per heavy atom. The van der Waals surface area contributed by atoms with Gasteiger partial charge in [-0.15, -0.1) is 0 Å². The van der Waals surface area contributed by atoms with E-state index in [1.165, 1.54) is 0 Å². The van der Waals surface area contributed by atoms with Crippen molar-refractivity contribution < 1.29 is 31.5 Å². The van der Waals surface area contributed by atoms with E-state index in [4.69, 9.17) is 5.11 Å². The van der Waals surface area contributed by atoms with Crippen LogP contribution in [0.1, 0.15) is 26.2 Å². The molecular weight excluding hydrogens is 311 g/mol. The second kappa shape index (κ2) is 6.90. The van der Waals surface area contributed by atoms with Gasteiger partial charge in [-0.05, 0) is 6.42 Å². The van der Waals surface area contributed by atoms with E-state index < -0.39 is 44.4 Å². The number of carboxylic acids is 1. The highest BCUT2D eigenvalue weighted by atomic mass is 32.2. The molecule has 1 aromatic rings. The maximum absolute atomic E-state index is 13.5. The van der Waals surface area contributed by atoms with Gasteiger partial charge in [0.05, 0.1) is 0 Å². The summed E-state index contributed by atoms with van der Waals surface area (Å²) < 4.78 is 65.2. The summed E-state index contributed by atoms with van der Waals surface area (Å²) in [6, 6.07) is -1.10. The highest BCUT2D eigenvalue weighted by Gasteiger charge is 2.30. The van der Waals surface area contributed by atoms with Crippen LogP contribution in [0.2, 0.25) is 0 Å². The van der Waals surface area contributed by atoms with Gasteiger partial charge in [-0.3, -0.25) is 4.79 Å². The molecule has 1 unspecified atom stereocenters. The van der Waals surface area contributed by atoms with Gasteiger partial charge in [-0.2, -0.15) is 4.72 Å². The van der Waals surface area contributed by atoms with E-state index in [2.05, 4.69) is 0 Å². The maximum atomic E-state index is 13.5. The standard InChI is InChI=1S/C12H14F3NO4S/c1-2-3-4-10(12(17)18)16-21(19,20)11-8(14)5-7(13)6-9(11)15/h5-6,10,16H,2-4H2,1H3,(H,17,18). The van der Waals surface area contributed by atoms with E-state index in [1.54, 1.807) is 11.6 Å². The van der Waals surface area contributed by atoms with Crippen LogP contribution < -0.4 is 4.72 Å². The predicted molar refractivity (Wildman–Crippen MR) is 67.6 cm³/mol. The van der Waals surface area contributed by atoms with Crippen molar-refractivity contribution in [3.8, 4) is 0 Å². The van der Waals surface area contributed by atoms with Crippen LogP contribution >= 0.6 is 0 Å². The molecule has 0 aliphatic carbocycles. The summed E-state index contributed by atoms with van der Waals surface area (Å²) in [5.41, 5.74) is 0. The molecule has 0 aromatic heterocycles. The Morgan fingerprint density at radius 2 is 1.81 bits per heavy atom. The third kappa shape index (κ3) is 4.43. The Labute approximate surface area is 119 Å². The monoisotopic (exact) mass is 325 g/mol. The fourth-order valence-electron chi connectivity index (χ4n) is 1.67. The van der Waals surface area contributed by atoms with Gasteiger partial charge in [0.1, 0.15) is 23.5 Å². The lowest BCUT2D eigenvalue weighted by molar-refractivity contribution is -0.139. The first kappa shape index (κ1) is 17.4. The smallest absolute Gasteiger partial charge is 0.321 e. The van der Waals surface area contributed by atoms with Crippen molar-refractivity contribution in [2.45, 2.75) is 37.1 Å². The van der Waals surface area contributed by atoms with Crippen molar-refractivity contribution in [1.82, 2.24) is 4.72 Å². The van der Waals surface area contributed by atoms with Crippen LogP contribution in [0.4, 0.5) is 13.2 Å². The highest BCUT2D eigenvalue weighted by molar-refractivity contribution is 7.89. The molecule has 5 nitrogen and oxygen atoms in total. The average Bonchev–Trinajstić information content (AvgIpc) is 2.32. The number of sulfonamides is 1. The minimum Gasteiger partial charge on any atom is -0.480 e. The first-order valence-corrected chi connectivity index (χ1v) is 7.57. The molecule has 1 rings (SSSR count). The number of hydrogen-bond acceptors (Lipinski definition) is 3. The van der Waals surface area contributed by atoms with Crippen LogP contribution in [0.25, 0.3) is 0 Å². The lowest BCUT2D eigenvalue weighted by Crippen LogP contribution is -2.41. The number of hydrogen-bond donors (Lipinski definition) is 2. The van der Waals surface area contributed by atoms with Gasteiger partial charge in [0.15, 0.2) is 4.90 Å². The minimum absolute atomic E-state index is 0.0322. The van der Waals surface area contributed by atoms with Crippen LogP contribution in [0.5, 0.6) is 0 Å². The van der Waals surface area contributed by atoms with Gasteiger partial charge in [-0.25, -0.2) is 21.6 Å². The third-order valence-corrected chi connectivity index (χ3v) is 4.20. The molecule has 0 amide bonds. The van der Waals surface area contributed by atoms with Crippen molar-refractivity contribution >= 4 is 16.0 Å². The summed E-state index contributed by atoms with van der Waals surface area (Å²) in [6.45, 7) is 1.77. The average molecular weight is 325 g/mol. The molecule has 118 valence electrons. The summed E-state index contributed by atoms with van der Waals surface area (Å²) in [4.78, 5) is 9.57. The molecule has 0 saturated carbocycles. The van der Waals surface area contributed by atoms with E-state index in [1.807, 2.05) is 0 Å². The molecule has 0 radical (unpaired) electrons. The van der Waals surface area contributed by atoms with Crippen molar-refractivity contribution in [2.24, 2.45) is 0 Å². The second-order valence-electron chi connectivity index (χ2n) is 4.35. The van der Waals surface area contributed by atoms with Crippen molar-refractivity contribution in [2.75, 3.05) is 0 Å².